The highest BCUT2D eigenvalue weighted by Crippen LogP contribution is 2.37. The minimum atomic E-state index is -0.422. The summed E-state index contributed by atoms with van der Waals surface area (Å²) in [6, 6.07) is 6.99. The Morgan fingerprint density at radius 1 is 1.20 bits per heavy atom. The van der Waals surface area contributed by atoms with Crippen molar-refractivity contribution in [1.29, 1.82) is 0 Å². The highest BCUT2D eigenvalue weighted by atomic mass is 35.5. The third-order valence-corrected chi connectivity index (χ3v) is 4.46. The normalized spacial score (nSPS) is 20.1. The van der Waals surface area contributed by atoms with Gasteiger partial charge in [0.2, 0.25) is 5.91 Å². The van der Waals surface area contributed by atoms with E-state index in [-0.39, 0.29) is 24.5 Å². The first-order valence-electron chi connectivity index (χ1n) is 7.94. The smallest absolute Gasteiger partial charge is 0.334 e. The molecule has 0 unspecified atom stereocenters. The van der Waals surface area contributed by atoms with Crippen molar-refractivity contribution >= 4 is 29.1 Å². The van der Waals surface area contributed by atoms with E-state index in [1.807, 2.05) is 25.1 Å². The van der Waals surface area contributed by atoms with Crippen LogP contribution in [0.15, 0.2) is 41.5 Å². The SMILES string of the molecule is COCC1=C(C(=O)OC)[C@@H](C)[C@@H](NC(C)=O)C=C1c1ccc(Cl)cc1. The van der Waals surface area contributed by atoms with Gasteiger partial charge in [0.05, 0.1) is 19.8 Å². The second-order valence-electron chi connectivity index (χ2n) is 5.92. The third kappa shape index (κ3) is 4.30. The Labute approximate surface area is 152 Å². The monoisotopic (exact) mass is 363 g/mol. The van der Waals surface area contributed by atoms with Crippen molar-refractivity contribution in [2.45, 2.75) is 19.9 Å². The van der Waals surface area contributed by atoms with Crippen LogP contribution in [-0.4, -0.2) is 38.7 Å². The number of ether oxygens (including phenoxy) is 2. The van der Waals surface area contributed by atoms with E-state index in [4.69, 9.17) is 21.1 Å². The summed E-state index contributed by atoms with van der Waals surface area (Å²) in [5, 5.41) is 3.51. The molecule has 1 aliphatic rings. The van der Waals surface area contributed by atoms with Crippen LogP contribution < -0.4 is 5.32 Å². The molecule has 0 saturated carbocycles. The third-order valence-electron chi connectivity index (χ3n) is 4.21. The largest absolute Gasteiger partial charge is 0.466 e. The van der Waals surface area contributed by atoms with Crippen molar-refractivity contribution in [2.75, 3.05) is 20.8 Å². The first-order valence-corrected chi connectivity index (χ1v) is 8.32. The Bertz CT molecular complexity index is 721. The molecule has 0 bridgehead atoms. The van der Waals surface area contributed by atoms with E-state index in [2.05, 4.69) is 5.32 Å². The quantitative estimate of drug-likeness (QED) is 0.817. The number of hydrogen-bond acceptors (Lipinski definition) is 4. The van der Waals surface area contributed by atoms with Crippen LogP contribution in [0.2, 0.25) is 5.02 Å². The van der Waals surface area contributed by atoms with Gasteiger partial charge in [-0.25, -0.2) is 4.79 Å². The van der Waals surface area contributed by atoms with E-state index in [1.54, 1.807) is 19.2 Å². The number of rotatable bonds is 5. The molecule has 0 aliphatic heterocycles. The van der Waals surface area contributed by atoms with E-state index < -0.39 is 5.97 Å². The summed E-state index contributed by atoms with van der Waals surface area (Å²) < 4.78 is 10.3. The van der Waals surface area contributed by atoms with E-state index in [0.29, 0.717) is 10.6 Å². The lowest BCUT2D eigenvalue weighted by Crippen LogP contribution is -2.41. The molecule has 134 valence electrons. The Kier molecular flexibility index (Phi) is 6.39. The molecular formula is C19H22ClNO4. The number of nitrogens with one attached hydrogen (secondary N) is 1. The van der Waals surface area contributed by atoms with Crippen molar-refractivity contribution in [3.8, 4) is 0 Å². The predicted molar refractivity (Wildman–Crippen MR) is 97.1 cm³/mol. The van der Waals surface area contributed by atoms with E-state index in [0.717, 1.165) is 16.7 Å². The molecule has 1 aliphatic carbocycles. The summed E-state index contributed by atoms with van der Waals surface area (Å²) in [5.74, 6) is -0.824. The van der Waals surface area contributed by atoms with Crippen LogP contribution in [0.3, 0.4) is 0 Å². The molecule has 6 heteroatoms. The molecule has 1 amide bonds. The molecule has 0 radical (unpaired) electrons. The lowest BCUT2D eigenvalue weighted by atomic mass is 9.78. The molecule has 1 aromatic rings. The highest BCUT2D eigenvalue weighted by molar-refractivity contribution is 6.30. The number of methoxy groups -OCH3 is 2. The van der Waals surface area contributed by atoms with Crippen LogP contribution >= 0.6 is 11.6 Å². The fourth-order valence-electron chi connectivity index (χ4n) is 3.04. The summed E-state index contributed by atoms with van der Waals surface area (Å²) in [6.45, 7) is 3.60. The van der Waals surface area contributed by atoms with Gasteiger partial charge in [-0.3, -0.25) is 4.79 Å². The van der Waals surface area contributed by atoms with Gasteiger partial charge in [-0.2, -0.15) is 0 Å². The molecule has 0 aromatic heterocycles. The van der Waals surface area contributed by atoms with Crippen LogP contribution in [0.4, 0.5) is 0 Å². The molecule has 0 saturated heterocycles. The lowest BCUT2D eigenvalue weighted by Gasteiger charge is -2.32. The maximum atomic E-state index is 12.4. The van der Waals surface area contributed by atoms with Crippen LogP contribution in [0.1, 0.15) is 19.4 Å². The molecule has 0 spiro atoms. The van der Waals surface area contributed by atoms with Gasteiger partial charge in [-0.05, 0) is 28.8 Å². The van der Waals surface area contributed by atoms with Crippen LogP contribution in [0, 0.1) is 5.92 Å². The van der Waals surface area contributed by atoms with E-state index in [1.165, 1.54) is 14.0 Å². The molecule has 5 nitrogen and oxygen atoms in total. The van der Waals surface area contributed by atoms with Crippen molar-refractivity contribution < 1.29 is 19.1 Å². The van der Waals surface area contributed by atoms with Crippen molar-refractivity contribution in [2.24, 2.45) is 5.92 Å². The average molecular weight is 364 g/mol. The van der Waals surface area contributed by atoms with Gasteiger partial charge >= 0.3 is 5.97 Å². The molecule has 25 heavy (non-hydrogen) atoms. The first kappa shape index (κ1) is 19.2. The van der Waals surface area contributed by atoms with Gasteiger partial charge in [0.15, 0.2) is 0 Å². The molecule has 1 aromatic carbocycles. The number of carbonyl (C=O) groups excluding carboxylic acids is 2. The molecule has 0 fully saturated rings. The Balaban J connectivity index is 2.62. The molecular weight excluding hydrogens is 342 g/mol. The predicted octanol–water partition coefficient (Wildman–Crippen LogP) is 2.99. The number of carbonyl (C=O) groups is 2. The van der Waals surface area contributed by atoms with Crippen LogP contribution in [0.25, 0.3) is 5.57 Å². The number of halogens is 1. The second-order valence-corrected chi connectivity index (χ2v) is 6.36. The Morgan fingerprint density at radius 2 is 1.84 bits per heavy atom. The zero-order chi connectivity index (χ0) is 18.6. The summed E-state index contributed by atoms with van der Waals surface area (Å²) in [7, 11) is 2.92. The van der Waals surface area contributed by atoms with Gasteiger partial charge in [0, 0.05) is 30.5 Å². The topological polar surface area (TPSA) is 64.6 Å². The van der Waals surface area contributed by atoms with Gasteiger partial charge in [-0.15, -0.1) is 0 Å². The second kappa shape index (κ2) is 8.32. The number of esters is 1. The van der Waals surface area contributed by atoms with Gasteiger partial charge in [0.25, 0.3) is 0 Å². The number of hydrogen-bond donors (Lipinski definition) is 1. The van der Waals surface area contributed by atoms with E-state index in [9.17, 15) is 9.59 Å². The van der Waals surface area contributed by atoms with Gasteiger partial charge in [-0.1, -0.05) is 36.7 Å². The Hall–Kier alpha value is -2.11. The lowest BCUT2D eigenvalue weighted by molar-refractivity contribution is -0.137. The summed E-state index contributed by atoms with van der Waals surface area (Å²) >= 11 is 5.98. The number of benzene rings is 1. The molecule has 0 heterocycles. The summed E-state index contributed by atoms with van der Waals surface area (Å²) in [5.41, 5.74) is 2.98. The summed E-state index contributed by atoms with van der Waals surface area (Å²) in [6.07, 6.45) is 1.95. The Morgan fingerprint density at radius 3 is 2.36 bits per heavy atom. The van der Waals surface area contributed by atoms with Gasteiger partial charge < -0.3 is 14.8 Å². The maximum Gasteiger partial charge on any atom is 0.334 e. The van der Waals surface area contributed by atoms with Gasteiger partial charge in [0.1, 0.15) is 0 Å². The van der Waals surface area contributed by atoms with Crippen molar-refractivity contribution in [1.82, 2.24) is 5.32 Å². The zero-order valence-corrected chi connectivity index (χ0v) is 15.5. The minimum Gasteiger partial charge on any atom is -0.466 e. The van der Waals surface area contributed by atoms with Crippen molar-refractivity contribution in [3.05, 3.63) is 52.1 Å². The molecule has 2 rings (SSSR count). The van der Waals surface area contributed by atoms with E-state index >= 15 is 0 Å². The number of amides is 1. The minimum absolute atomic E-state index is 0.164. The average Bonchev–Trinajstić information content (AvgIpc) is 2.57. The molecule has 2 atom stereocenters. The summed E-state index contributed by atoms with van der Waals surface area (Å²) in [4.78, 5) is 24.0. The van der Waals surface area contributed by atoms with Crippen molar-refractivity contribution in [3.63, 3.8) is 0 Å². The highest BCUT2D eigenvalue weighted by Gasteiger charge is 2.34. The standard InChI is InChI=1S/C19H22ClNO4/c1-11-17(21-12(2)22)9-15(13-5-7-14(20)8-6-13)16(10-24-3)18(11)19(23)25-4/h5-9,11,17H,10H2,1-4H3,(H,21,22)/t11-,17-/m0/s1. The molecule has 1 N–H and O–H groups in total. The fourth-order valence-corrected chi connectivity index (χ4v) is 3.17. The fraction of sp³-hybridized carbons (Fsp3) is 0.368. The van der Waals surface area contributed by atoms with Crippen LogP contribution in [0.5, 0.6) is 0 Å². The first-order chi connectivity index (χ1) is 11.9. The maximum absolute atomic E-state index is 12.4. The van der Waals surface area contributed by atoms with Crippen LogP contribution in [-0.2, 0) is 19.1 Å². The zero-order valence-electron chi connectivity index (χ0n) is 14.8.